The van der Waals surface area contributed by atoms with Gasteiger partial charge in [0, 0.05) is 5.56 Å². The fraction of sp³-hybridized carbons (Fsp3) is 0.333. The summed E-state index contributed by atoms with van der Waals surface area (Å²) < 4.78 is 34.6. The van der Waals surface area contributed by atoms with E-state index in [9.17, 15) is 22.4 Å². The molecule has 0 fully saturated rings. The molecule has 1 aromatic rings. The average molecular weight is 284 g/mol. The molecule has 0 aromatic heterocycles. The molecule has 0 amide bonds. The minimum absolute atomic E-state index is 0.122. The van der Waals surface area contributed by atoms with E-state index in [0.29, 0.717) is 22.3 Å². The molecule has 0 radical (unpaired) electrons. The number of rotatable bonds is 3. The summed E-state index contributed by atoms with van der Waals surface area (Å²) in [5.41, 5.74) is 1.91. The summed E-state index contributed by atoms with van der Waals surface area (Å²) in [7, 11) is -6.53. The van der Waals surface area contributed by atoms with E-state index in [4.69, 9.17) is 6.42 Å². The highest BCUT2D eigenvalue weighted by Crippen LogP contribution is 2.23. The number of hydrogen-bond donors (Lipinski definition) is 2. The Kier molecular flexibility index (Phi) is 4.41. The van der Waals surface area contributed by atoms with E-state index < -0.39 is 23.1 Å². The van der Waals surface area contributed by atoms with Gasteiger partial charge in [-0.2, -0.15) is 8.42 Å². The van der Waals surface area contributed by atoms with Crippen LogP contribution in [0.2, 0.25) is 0 Å². The Morgan fingerprint density at radius 2 is 1.74 bits per heavy atom. The van der Waals surface area contributed by atoms with Crippen molar-refractivity contribution in [2.24, 2.45) is 0 Å². The van der Waals surface area contributed by atoms with Crippen molar-refractivity contribution in [1.82, 2.24) is 0 Å². The first kappa shape index (κ1) is 15.7. The van der Waals surface area contributed by atoms with Crippen molar-refractivity contribution in [3.63, 3.8) is 0 Å². The molecule has 0 unspecified atom stereocenters. The molecule has 19 heavy (non-hydrogen) atoms. The van der Waals surface area contributed by atoms with E-state index in [1.54, 1.807) is 13.8 Å². The second-order valence-electron chi connectivity index (χ2n) is 4.34. The minimum atomic E-state index is -4.73. The lowest BCUT2D eigenvalue weighted by Crippen LogP contribution is -2.36. The zero-order chi connectivity index (χ0) is 15.0. The van der Waals surface area contributed by atoms with Gasteiger partial charge in [0.05, 0.1) is 0 Å². The number of benzene rings is 1. The lowest BCUT2D eigenvalue weighted by Gasteiger charge is -2.18. The molecule has 0 saturated heterocycles. The van der Waals surface area contributed by atoms with E-state index in [-0.39, 0.29) is 11.0 Å². The van der Waals surface area contributed by atoms with Crippen LogP contribution in [0.15, 0.2) is 0 Å². The molecule has 2 N–H and O–H groups in total. The van der Waals surface area contributed by atoms with Crippen LogP contribution < -0.4 is 5.46 Å². The normalized spacial score (nSPS) is 11.2. The highest BCUT2D eigenvalue weighted by molar-refractivity contribution is 7.85. The first-order valence-electron chi connectivity index (χ1n) is 5.47. The van der Waals surface area contributed by atoms with Gasteiger partial charge in [0.1, 0.15) is 5.75 Å². The standard InChI is InChI=1S/C12H14BFO4S/c1-5-10-7(2)11(6-19(14,17)18)9(4)12(8(10)3)13(15)16/h1,15-16H,6H2,2-4H3. The van der Waals surface area contributed by atoms with Crippen molar-refractivity contribution in [1.29, 1.82) is 0 Å². The highest BCUT2D eigenvalue weighted by atomic mass is 32.3. The summed E-state index contributed by atoms with van der Waals surface area (Å²) >= 11 is 0. The van der Waals surface area contributed by atoms with Gasteiger partial charge < -0.3 is 10.0 Å². The van der Waals surface area contributed by atoms with Gasteiger partial charge in [-0.15, -0.1) is 10.3 Å². The fourth-order valence-electron chi connectivity index (χ4n) is 2.28. The topological polar surface area (TPSA) is 74.6 Å². The Morgan fingerprint density at radius 1 is 1.21 bits per heavy atom. The second kappa shape index (κ2) is 5.33. The van der Waals surface area contributed by atoms with Crippen molar-refractivity contribution in [2.45, 2.75) is 26.5 Å². The largest absolute Gasteiger partial charge is 0.489 e. The van der Waals surface area contributed by atoms with Crippen molar-refractivity contribution in [3.8, 4) is 12.3 Å². The molecular weight excluding hydrogens is 270 g/mol. The SMILES string of the molecule is C#Cc1c(C)c(CS(=O)(=O)F)c(C)c(B(O)O)c1C. The van der Waals surface area contributed by atoms with Crippen LogP contribution in [0.25, 0.3) is 0 Å². The third-order valence-corrected chi connectivity index (χ3v) is 3.82. The lowest BCUT2D eigenvalue weighted by atomic mass is 9.71. The predicted molar refractivity (Wildman–Crippen MR) is 72.1 cm³/mol. The van der Waals surface area contributed by atoms with Gasteiger partial charge in [-0.1, -0.05) is 5.92 Å². The van der Waals surface area contributed by atoms with Gasteiger partial charge >= 0.3 is 17.3 Å². The third-order valence-electron chi connectivity index (χ3n) is 3.18. The third kappa shape index (κ3) is 3.15. The van der Waals surface area contributed by atoms with E-state index in [2.05, 4.69) is 5.92 Å². The molecule has 0 bridgehead atoms. The van der Waals surface area contributed by atoms with E-state index >= 15 is 0 Å². The maximum Gasteiger partial charge on any atom is 0.489 e. The molecular formula is C12H14BFO4S. The Hall–Kier alpha value is -1.36. The molecule has 1 rings (SSSR count). The van der Waals surface area contributed by atoms with Gasteiger partial charge in [0.25, 0.3) is 0 Å². The maximum atomic E-state index is 12.9. The van der Waals surface area contributed by atoms with Crippen molar-refractivity contribution < 1.29 is 22.4 Å². The van der Waals surface area contributed by atoms with Crippen LogP contribution in [-0.2, 0) is 16.0 Å². The average Bonchev–Trinajstić information content (AvgIpc) is 2.23. The molecule has 0 aliphatic rings. The van der Waals surface area contributed by atoms with Crippen LogP contribution in [0.1, 0.15) is 27.8 Å². The predicted octanol–water partition coefficient (Wildman–Crippen LogP) is 0.0723. The van der Waals surface area contributed by atoms with Crippen LogP contribution in [0.5, 0.6) is 0 Å². The number of terminal acetylenes is 1. The van der Waals surface area contributed by atoms with Gasteiger partial charge in [0.2, 0.25) is 0 Å². The molecule has 4 nitrogen and oxygen atoms in total. The van der Waals surface area contributed by atoms with Crippen LogP contribution >= 0.6 is 0 Å². The summed E-state index contributed by atoms with van der Waals surface area (Å²) in [5, 5.41) is 18.7. The highest BCUT2D eigenvalue weighted by Gasteiger charge is 2.25. The van der Waals surface area contributed by atoms with Crippen LogP contribution in [0, 0.1) is 33.1 Å². The Labute approximate surface area is 112 Å². The lowest BCUT2D eigenvalue weighted by molar-refractivity contribution is 0.425. The monoisotopic (exact) mass is 284 g/mol. The van der Waals surface area contributed by atoms with Gasteiger partial charge in [-0.25, -0.2) is 0 Å². The molecule has 102 valence electrons. The summed E-state index contributed by atoms with van der Waals surface area (Å²) in [6, 6.07) is 0. The van der Waals surface area contributed by atoms with Crippen LogP contribution in [-0.4, -0.2) is 25.6 Å². The van der Waals surface area contributed by atoms with Gasteiger partial charge in [-0.05, 0) is 48.5 Å². The molecule has 0 aliphatic heterocycles. The Morgan fingerprint density at radius 3 is 2.11 bits per heavy atom. The van der Waals surface area contributed by atoms with E-state index in [1.165, 1.54) is 6.92 Å². The fourth-order valence-corrected chi connectivity index (χ4v) is 3.06. The summed E-state index contributed by atoms with van der Waals surface area (Å²) in [6.45, 7) is 4.70. The van der Waals surface area contributed by atoms with Crippen molar-refractivity contribution in [3.05, 3.63) is 27.8 Å². The number of halogens is 1. The quantitative estimate of drug-likeness (QED) is 0.468. The van der Waals surface area contributed by atoms with Crippen molar-refractivity contribution in [2.75, 3.05) is 0 Å². The Balaban J connectivity index is 3.74. The molecule has 7 heteroatoms. The van der Waals surface area contributed by atoms with E-state index in [0.717, 1.165) is 0 Å². The molecule has 0 heterocycles. The summed E-state index contributed by atoms with van der Waals surface area (Å²) in [4.78, 5) is 0. The zero-order valence-electron chi connectivity index (χ0n) is 10.9. The second-order valence-corrected chi connectivity index (χ2v) is 5.71. The number of hydrogen-bond acceptors (Lipinski definition) is 4. The first-order chi connectivity index (χ1) is 8.60. The van der Waals surface area contributed by atoms with Crippen molar-refractivity contribution >= 4 is 22.8 Å². The smallest absolute Gasteiger partial charge is 0.423 e. The Bertz CT molecular complexity index is 660. The molecule has 0 saturated carbocycles. The maximum absolute atomic E-state index is 12.9. The van der Waals surface area contributed by atoms with Gasteiger partial charge in [-0.3, -0.25) is 0 Å². The molecule has 0 aliphatic carbocycles. The van der Waals surface area contributed by atoms with Gasteiger partial charge in [0.15, 0.2) is 0 Å². The summed E-state index contributed by atoms with van der Waals surface area (Å²) in [6.07, 6.45) is 5.35. The molecule has 0 spiro atoms. The van der Waals surface area contributed by atoms with E-state index in [1.807, 2.05) is 0 Å². The zero-order valence-corrected chi connectivity index (χ0v) is 11.7. The minimum Gasteiger partial charge on any atom is -0.423 e. The molecule has 1 aromatic carbocycles. The molecule has 0 atom stereocenters. The first-order valence-corrected chi connectivity index (χ1v) is 7.03. The van der Waals surface area contributed by atoms with Crippen LogP contribution in [0.4, 0.5) is 3.89 Å². The van der Waals surface area contributed by atoms with Crippen LogP contribution in [0.3, 0.4) is 0 Å². The summed E-state index contributed by atoms with van der Waals surface area (Å²) in [5.74, 6) is 1.54.